The normalized spacial score (nSPS) is 25.9. The van der Waals surface area contributed by atoms with Crippen LogP contribution in [0, 0.1) is 0 Å². The Morgan fingerprint density at radius 1 is 1.44 bits per heavy atom. The van der Waals surface area contributed by atoms with Crippen LogP contribution in [-0.2, 0) is 13.6 Å². The standard InChI is InChI=1S/C12H21N3S/c1-15-8-7-11(14-15)9-13-10-3-5-12(16-2)6-4-10/h7-8,10,12-13H,3-6,9H2,1-2H3. The summed E-state index contributed by atoms with van der Waals surface area (Å²) in [6, 6.07) is 2.78. The molecule has 0 aliphatic heterocycles. The molecule has 1 fully saturated rings. The van der Waals surface area contributed by atoms with E-state index in [1.807, 2.05) is 29.7 Å². The van der Waals surface area contributed by atoms with Gasteiger partial charge in [-0.05, 0) is 38.0 Å². The molecule has 0 spiro atoms. The van der Waals surface area contributed by atoms with Gasteiger partial charge in [-0.3, -0.25) is 4.68 Å². The quantitative estimate of drug-likeness (QED) is 0.873. The number of thioether (sulfide) groups is 1. The van der Waals surface area contributed by atoms with Crippen molar-refractivity contribution >= 4 is 11.8 Å². The van der Waals surface area contributed by atoms with Crippen LogP contribution in [0.25, 0.3) is 0 Å². The Bertz CT molecular complexity index is 316. The lowest BCUT2D eigenvalue weighted by Crippen LogP contribution is -2.33. The Morgan fingerprint density at radius 3 is 2.75 bits per heavy atom. The van der Waals surface area contributed by atoms with Gasteiger partial charge in [0, 0.05) is 31.1 Å². The van der Waals surface area contributed by atoms with E-state index in [-0.39, 0.29) is 0 Å². The van der Waals surface area contributed by atoms with Gasteiger partial charge in [0.25, 0.3) is 0 Å². The number of aromatic nitrogens is 2. The number of nitrogens with zero attached hydrogens (tertiary/aromatic N) is 2. The van der Waals surface area contributed by atoms with E-state index in [1.54, 1.807) is 0 Å². The lowest BCUT2D eigenvalue weighted by molar-refractivity contribution is 0.377. The van der Waals surface area contributed by atoms with Gasteiger partial charge in [0.2, 0.25) is 0 Å². The van der Waals surface area contributed by atoms with Gasteiger partial charge in [-0.25, -0.2) is 0 Å². The minimum absolute atomic E-state index is 0.699. The fourth-order valence-electron chi connectivity index (χ4n) is 2.31. The van der Waals surface area contributed by atoms with Gasteiger partial charge in [0.1, 0.15) is 0 Å². The van der Waals surface area contributed by atoms with E-state index in [0.717, 1.165) is 17.5 Å². The molecule has 0 radical (unpaired) electrons. The smallest absolute Gasteiger partial charge is 0.0762 e. The number of aryl methyl sites for hydroxylation is 1. The average molecular weight is 239 g/mol. The minimum Gasteiger partial charge on any atom is -0.308 e. The van der Waals surface area contributed by atoms with Crippen molar-refractivity contribution < 1.29 is 0 Å². The topological polar surface area (TPSA) is 29.9 Å². The van der Waals surface area contributed by atoms with Crippen LogP contribution in [0.2, 0.25) is 0 Å². The summed E-state index contributed by atoms with van der Waals surface area (Å²) in [6.07, 6.45) is 9.59. The first-order valence-electron chi connectivity index (χ1n) is 6.02. The summed E-state index contributed by atoms with van der Waals surface area (Å²) < 4.78 is 1.86. The lowest BCUT2D eigenvalue weighted by atomic mass is 9.95. The zero-order chi connectivity index (χ0) is 11.4. The summed E-state index contributed by atoms with van der Waals surface area (Å²) in [5.41, 5.74) is 1.15. The Kier molecular flexibility index (Phi) is 4.29. The Balaban J connectivity index is 1.71. The van der Waals surface area contributed by atoms with Crippen LogP contribution in [0.15, 0.2) is 12.3 Å². The van der Waals surface area contributed by atoms with Gasteiger partial charge in [-0.1, -0.05) is 0 Å². The molecule has 1 saturated carbocycles. The van der Waals surface area contributed by atoms with Crippen molar-refractivity contribution in [3.05, 3.63) is 18.0 Å². The summed E-state index contributed by atoms with van der Waals surface area (Å²) >= 11 is 2.02. The molecule has 1 N–H and O–H groups in total. The van der Waals surface area contributed by atoms with Crippen LogP contribution in [0.3, 0.4) is 0 Å². The van der Waals surface area contributed by atoms with E-state index in [9.17, 15) is 0 Å². The molecule has 0 atom stereocenters. The van der Waals surface area contributed by atoms with Crippen LogP contribution >= 0.6 is 11.8 Å². The van der Waals surface area contributed by atoms with E-state index < -0.39 is 0 Å². The lowest BCUT2D eigenvalue weighted by Gasteiger charge is -2.27. The molecular weight excluding hydrogens is 218 g/mol. The summed E-state index contributed by atoms with van der Waals surface area (Å²) in [5, 5.41) is 8.88. The summed E-state index contributed by atoms with van der Waals surface area (Å²) in [7, 11) is 1.97. The van der Waals surface area contributed by atoms with E-state index in [1.165, 1.54) is 25.7 Å². The minimum atomic E-state index is 0.699. The third-order valence-corrected chi connectivity index (χ3v) is 4.49. The molecule has 2 rings (SSSR count). The first kappa shape index (κ1) is 12.0. The number of nitrogens with one attached hydrogen (secondary N) is 1. The highest BCUT2D eigenvalue weighted by Gasteiger charge is 2.19. The maximum Gasteiger partial charge on any atom is 0.0762 e. The Morgan fingerprint density at radius 2 is 2.19 bits per heavy atom. The highest BCUT2D eigenvalue weighted by Crippen LogP contribution is 2.26. The van der Waals surface area contributed by atoms with Gasteiger partial charge in [0.05, 0.1) is 5.69 Å². The maximum atomic E-state index is 4.38. The van der Waals surface area contributed by atoms with Crippen LogP contribution in [-0.4, -0.2) is 27.3 Å². The number of hydrogen-bond donors (Lipinski definition) is 1. The maximum absolute atomic E-state index is 4.38. The van der Waals surface area contributed by atoms with Gasteiger partial charge < -0.3 is 5.32 Å². The predicted octanol–water partition coefficient (Wildman–Crippen LogP) is 2.18. The molecule has 3 nitrogen and oxygen atoms in total. The summed E-state index contributed by atoms with van der Waals surface area (Å²) in [5.74, 6) is 0. The zero-order valence-corrected chi connectivity index (χ0v) is 11.0. The van der Waals surface area contributed by atoms with Crippen molar-refractivity contribution in [2.24, 2.45) is 7.05 Å². The fraction of sp³-hybridized carbons (Fsp3) is 0.750. The third-order valence-electron chi connectivity index (χ3n) is 3.35. The molecule has 0 unspecified atom stereocenters. The second-order valence-corrected chi connectivity index (χ2v) is 5.71. The van der Waals surface area contributed by atoms with Crippen LogP contribution < -0.4 is 5.32 Å². The summed E-state index contributed by atoms with van der Waals surface area (Å²) in [4.78, 5) is 0. The molecule has 1 heterocycles. The van der Waals surface area contributed by atoms with Crippen molar-refractivity contribution in [1.29, 1.82) is 0 Å². The van der Waals surface area contributed by atoms with Crippen molar-refractivity contribution in [3.63, 3.8) is 0 Å². The SMILES string of the molecule is CSC1CCC(NCc2ccn(C)n2)CC1. The van der Waals surface area contributed by atoms with E-state index in [2.05, 4.69) is 22.7 Å². The highest BCUT2D eigenvalue weighted by molar-refractivity contribution is 7.99. The molecule has 1 aromatic rings. The van der Waals surface area contributed by atoms with Gasteiger partial charge in [-0.2, -0.15) is 16.9 Å². The van der Waals surface area contributed by atoms with E-state index >= 15 is 0 Å². The van der Waals surface area contributed by atoms with Crippen LogP contribution in [0.1, 0.15) is 31.4 Å². The van der Waals surface area contributed by atoms with E-state index in [0.29, 0.717) is 6.04 Å². The highest BCUT2D eigenvalue weighted by atomic mass is 32.2. The predicted molar refractivity (Wildman–Crippen MR) is 69.6 cm³/mol. The Labute approximate surface area is 102 Å². The molecular formula is C12H21N3S. The third kappa shape index (κ3) is 3.25. The van der Waals surface area contributed by atoms with Crippen molar-refractivity contribution in [2.45, 2.75) is 43.5 Å². The average Bonchev–Trinajstić information content (AvgIpc) is 2.73. The van der Waals surface area contributed by atoms with E-state index in [4.69, 9.17) is 0 Å². The molecule has 0 saturated heterocycles. The van der Waals surface area contributed by atoms with Crippen molar-refractivity contribution in [2.75, 3.05) is 6.26 Å². The van der Waals surface area contributed by atoms with Gasteiger partial charge >= 0.3 is 0 Å². The second-order valence-electron chi connectivity index (χ2n) is 4.57. The molecule has 0 bridgehead atoms. The zero-order valence-electron chi connectivity index (χ0n) is 10.1. The first-order valence-corrected chi connectivity index (χ1v) is 7.31. The number of hydrogen-bond acceptors (Lipinski definition) is 3. The van der Waals surface area contributed by atoms with Gasteiger partial charge in [-0.15, -0.1) is 0 Å². The summed E-state index contributed by atoms with van der Waals surface area (Å²) in [6.45, 7) is 0.912. The van der Waals surface area contributed by atoms with Crippen LogP contribution in [0.4, 0.5) is 0 Å². The first-order chi connectivity index (χ1) is 7.78. The molecule has 16 heavy (non-hydrogen) atoms. The van der Waals surface area contributed by atoms with Gasteiger partial charge in [0.15, 0.2) is 0 Å². The molecule has 0 aromatic carbocycles. The fourth-order valence-corrected chi connectivity index (χ4v) is 3.05. The second kappa shape index (κ2) is 5.73. The molecule has 1 aliphatic carbocycles. The van der Waals surface area contributed by atoms with Crippen molar-refractivity contribution in [3.8, 4) is 0 Å². The molecule has 90 valence electrons. The monoisotopic (exact) mass is 239 g/mol. The van der Waals surface area contributed by atoms with Crippen LogP contribution in [0.5, 0.6) is 0 Å². The molecule has 4 heteroatoms. The molecule has 1 aromatic heterocycles. The molecule has 1 aliphatic rings. The Hall–Kier alpha value is -0.480. The largest absolute Gasteiger partial charge is 0.308 e. The molecule has 0 amide bonds. The van der Waals surface area contributed by atoms with Crippen molar-refractivity contribution in [1.82, 2.24) is 15.1 Å². The number of rotatable bonds is 4.